The van der Waals surface area contributed by atoms with Crippen LogP contribution in [0.25, 0.3) is 0 Å². The van der Waals surface area contributed by atoms with Crippen molar-refractivity contribution in [3.05, 3.63) is 60.7 Å². The van der Waals surface area contributed by atoms with Crippen LogP contribution in [0.15, 0.2) is 60.7 Å². The molecule has 0 heterocycles. The first-order chi connectivity index (χ1) is 13.1. The molecule has 6 heteroatoms. The van der Waals surface area contributed by atoms with Gasteiger partial charge in [0.25, 0.3) is 0 Å². The number of ether oxygens (including phenoxy) is 2. The molecule has 2 amide bonds. The van der Waals surface area contributed by atoms with Crippen LogP contribution in [0.5, 0.6) is 0 Å². The highest BCUT2D eigenvalue weighted by atomic mass is 16.6. The Bertz CT molecular complexity index is 692. The van der Waals surface area contributed by atoms with Crippen LogP contribution < -0.4 is 10.6 Å². The van der Waals surface area contributed by atoms with E-state index in [1.807, 2.05) is 43.3 Å². The van der Waals surface area contributed by atoms with E-state index in [2.05, 4.69) is 10.6 Å². The van der Waals surface area contributed by atoms with Crippen molar-refractivity contribution in [2.75, 3.05) is 17.2 Å². The van der Waals surface area contributed by atoms with Crippen LogP contribution in [0, 0.1) is 0 Å². The van der Waals surface area contributed by atoms with Crippen molar-refractivity contribution in [1.29, 1.82) is 0 Å². The molecule has 0 aliphatic heterocycles. The monoisotopic (exact) mass is 370 g/mol. The Morgan fingerprint density at radius 3 is 1.96 bits per heavy atom. The molecule has 0 bridgehead atoms. The molecule has 2 aromatic carbocycles. The van der Waals surface area contributed by atoms with Gasteiger partial charge in [-0.1, -0.05) is 36.4 Å². The number of amides is 2. The van der Waals surface area contributed by atoms with Crippen LogP contribution >= 0.6 is 0 Å². The minimum absolute atomic E-state index is 0.170. The molecule has 0 unspecified atom stereocenters. The number of nitrogens with one attached hydrogen (secondary N) is 2. The van der Waals surface area contributed by atoms with E-state index >= 15 is 0 Å². The van der Waals surface area contributed by atoms with Gasteiger partial charge in [0.1, 0.15) is 6.10 Å². The third-order valence-electron chi connectivity index (χ3n) is 3.84. The normalized spacial score (nSPS) is 11.3. The molecule has 2 N–H and O–H groups in total. The first-order valence-electron chi connectivity index (χ1n) is 9.15. The summed E-state index contributed by atoms with van der Waals surface area (Å²) in [6, 6.07) is 18.4. The van der Waals surface area contributed by atoms with Crippen molar-refractivity contribution < 1.29 is 19.1 Å². The van der Waals surface area contributed by atoms with Gasteiger partial charge in [0.15, 0.2) is 0 Å². The Hall–Kier alpha value is -3.02. The largest absolute Gasteiger partial charge is 0.449 e. The maximum atomic E-state index is 11.8. The molecular weight excluding hydrogens is 344 g/mol. The van der Waals surface area contributed by atoms with E-state index in [1.54, 1.807) is 24.3 Å². The fourth-order valence-corrected chi connectivity index (χ4v) is 2.46. The first-order valence-corrected chi connectivity index (χ1v) is 9.15. The van der Waals surface area contributed by atoms with Gasteiger partial charge in [0.05, 0.1) is 6.61 Å². The fourth-order valence-electron chi connectivity index (χ4n) is 2.46. The molecule has 0 aliphatic rings. The molecule has 144 valence electrons. The molecule has 0 aliphatic carbocycles. The van der Waals surface area contributed by atoms with Gasteiger partial charge < -0.3 is 9.47 Å². The summed E-state index contributed by atoms with van der Waals surface area (Å²) in [4.78, 5) is 23.4. The van der Waals surface area contributed by atoms with E-state index in [0.717, 1.165) is 25.7 Å². The lowest BCUT2D eigenvalue weighted by atomic mass is 10.1. The number of unbranched alkanes of at least 4 members (excludes halogenated alkanes) is 2. The van der Waals surface area contributed by atoms with Gasteiger partial charge in [-0.3, -0.25) is 10.6 Å². The molecule has 0 saturated carbocycles. The maximum absolute atomic E-state index is 11.8. The molecule has 0 aromatic heterocycles. The molecule has 0 spiro atoms. The first kappa shape index (κ1) is 20.3. The van der Waals surface area contributed by atoms with Crippen LogP contribution in [0.3, 0.4) is 0 Å². The fraction of sp³-hybridized carbons (Fsp3) is 0.333. The van der Waals surface area contributed by atoms with Crippen LogP contribution in [0.1, 0.15) is 32.6 Å². The Labute approximate surface area is 159 Å². The zero-order valence-corrected chi connectivity index (χ0v) is 15.5. The summed E-state index contributed by atoms with van der Waals surface area (Å²) in [7, 11) is 0. The van der Waals surface area contributed by atoms with Gasteiger partial charge in [-0.05, 0) is 56.9 Å². The number of para-hydroxylation sites is 2. The molecule has 2 aromatic rings. The van der Waals surface area contributed by atoms with Crippen molar-refractivity contribution in [2.24, 2.45) is 0 Å². The summed E-state index contributed by atoms with van der Waals surface area (Å²) < 4.78 is 10.5. The number of carbonyl (C=O) groups excluding carboxylic acids is 2. The predicted octanol–water partition coefficient (Wildman–Crippen LogP) is 5.43. The lowest BCUT2D eigenvalue weighted by Crippen LogP contribution is -2.20. The Balaban J connectivity index is 1.49. The Kier molecular flexibility index (Phi) is 8.69. The van der Waals surface area contributed by atoms with Gasteiger partial charge in [-0.2, -0.15) is 0 Å². The highest BCUT2D eigenvalue weighted by Gasteiger charge is 2.09. The van der Waals surface area contributed by atoms with E-state index in [9.17, 15) is 9.59 Å². The van der Waals surface area contributed by atoms with Crippen molar-refractivity contribution in [3.8, 4) is 0 Å². The summed E-state index contributed by atoms with van der Waals surface area (Å²) in [5, 5.41) is 5.36. The highest BCUT2D eigenvalue weighted by molar-refractivity contribution is 5.85. The smallest absolute Gasteiger partial charge is 0.411 e. The molecule has 0 saturated heterocycles. The second kappa shape index (κ2) is 11.6. The minimum Gasteiger partial charge on any atom is -0.449 e. The number of carbonyl (C=O) groups is 2. The average molecular weight is 370 g/mol. The maximum Gasteiger partial charge on any atom is 0.411 e. The van der Waals surface area contributed by atoms with Crippen LogP contribution in [-0.2, 0) is 9.47 Å². The second-order valence-corrected chi connectivity index (χ2v) is 6.18. The average Bonchev–Trinajstić information content (AvgIpc) is 2.66. The summed E-state index contributed by atoms with van der Waals surface area (Å²) in [6.07, 6.45) is 2.25. The minimum atomic E-state index is -0.449. The van der Waals surface area contributed by atoms with E-state index in [0.29, 0.717) is 18.0 Å². The van der Waals surface area contributed by atoms with E-state index in [1.165, 1.54) is 0 Å². The van der Waals surface area contributed by atoms with E-state index in [-0.39, 0.29) is 6.10 Å². The van der Waals surface area contributed by atoms with Crippen LogP contribution in [-0.4, -0.2) is 24.9 Å². The summed E-state index contributed by atoms with van der Waals surface area (Å²) in [6.45, 7) is 2.23. The van der Waals surface area contributed by atoms with Gasteiger partial charge in [-0.25, -0.2) is 9.59 Å². The SMILES string of the molecule is C[C@H](CCCCCOC(=O)Nc1ccccc1)OC(=O)Nc1ccccc1. The lowest BCUT2D eigenvalue weighted by Gasteiger charge is -2.14. The lowest BCUT2D eigenvalue weighted by molar-refractivity contribution is 0.113. The number of anilines is 2. The van der Waals surface area contributed by atoms with Gasteiger partial charge in [0.2, 0.25) is 0 Å². The quantitative estimate of drug-likeness (QED) is 0.577. The van der Waals surface area contributed by atoms with Crippen LogP contribution in [0.4, 0.5) is 21.0 Å². The van der Waals surface area contributed by atoms with Crippen molar-refractivity contribution in [2.45, 2.75) is 38.7 Å². The molecule has 1 atom stereocenters. The predicted molar refractivity (Wildman–Crippen MR) is 106 cm³/mol. The van der Waals surface area contributed by atoms with Gasteiger partial charge in [-0.15, -0.1) is 0 Å². The standard InChI is InChI=1S/C21H26N2O4/c1-17(27-21(25)23-19-14-8-3-9-15-19)11-5-4-10-16-26-20(24)22-18-12-6-2-7-13-18/h2-3,6-9,12-15,17H,4-5,10-11,16H2,1H3,(H,22,24)(H,23,25)/t17-/m1/s1. The van der Waals surface area contributed by atoms with Crippen molar-refractivity contribution in [3.63, 3.8) is 0 Å². The van der Waals surface area contributed by atoms with Crippen LogP contribution in [0.2, 0.25) is 0 Å². The second-order valence-electron chi connectivity index (χ2n) is 6.18. The van der Waals surface area contributed by atoms with E-state index in [4.69, 9.17) is 9.47 Å². The molecule has 0 radical (unpaired) electrons. The summed E-state index contributed by atoms with van der Waals surface area (Å²) in [5.74, 6) is 0. The summed E-state index contributed by atoms with van der Waals surface area (Å²) in [5.41, 5.74) is 1.42. The number of hydrogen-bond donors (Lipinski definition) is 2. The van der Waals surface area contributed by atoms with E-state index < -0.39 is 12.2 Å². The molecule has 2 rings (SSSR count). The summed E-state index contributed by atoms with van der Waals surface area (Å²) >= 11 is 0. The van der Waals surface area contributed by atoms with Gasteiger partial charge in [0, 0.05) is 11.4 Å². The zero-order chi connectivity index (χ0) is 19.3. The molecule has 27 heavy (non-hydrogen) atoms. The third kappa shape index (κ3) is 8.76. The van der Waals surface area contributed by atoms with Crippen molar-refractivity contribution >= 4 is 23.6 Å². The number of hydrogen-bond acceptors (Lipinski definition) is 4. The molecule has 6 nitrogen and oxygen atoms in total. The number of benzene rings is 2. The Morgan fingerprint density at radius 2 is 1.37 bits per heavy atom. The molecule has 0 fully saturated rings. The molecular formula is C21H26N2O4. The Morgan fingerprint density at radius 1 is 0.815 bits per heavy atom. The highest BCUT2D eigenvalue weighted by Crippen LogP contribution is 2.10. The topological polar surface area (TPSA) is 76.7 Å². The van der Waals surface area contributed by atoms with Crippen molar-refractivity contribution in [1.82, 2.24) is 0 Å². The zero-order valence-electron chi connectivity index (χ0n) is 15.5. The number of rotatable bonds is 9. The third-order valence-corrected chi connectivity index (χ3v) is 3.84. The van der Waals surface area contributed by atoms with Gasteiger partial charge >= 0.3 is 12.2 Å².